The molecule has 0 atom stereocenters. The third kappa shape index (κ3) is 2.37. The van der Waals surface area contributed by atoms with Crippen LogP contribution in [0.2, 0.25) is 0 Å². The summed E-state index contributed by atoms with van der Waals surface area (Å²) in [5.41, 5.74) is 10.8. The second-order valence-electron chi connectivity index (χ2n) is 6.42. The molecule has 0 aliphatic heterocycles. The SMILES string of the molecule is COc1cc2c(cc1OC)-c1c(sc3nc(-c4ccccc4)nc(N)c13)C2. The van der Waals surface area contributed by atoms with Crippen LogP contribution >= 0.6 is 11.3 Å². The van der Waals surface area contributed by atoms with Crippen LogP contribution in [-0.4, -0.2) is 24.2 Å². The summed E-state index contributed by atoms with van der Waals surface area (Å²) in [6, 6.07) is 14.0. The number of hydrogen-bond acceptors (Lipinski definition) is 6. The number of ether oxygens (including phenoxy) is 2. The minimum absolute atomic E-state index is 0.513. The smallest absolute Gasteiger partial charge is 0.163 e. The van der Waals surface area contributed by atoms with Crippen molar-refractivity contribution in [3.05, 3.63) is 52.9 Å². The van der Waals surface area contributed by atoms with Gasteiger partial charge in [0.15, 0.2) is 17.3 Å². The summed E-state index contributed by atoms with van der Waals surface area (Å²) in [5.74, 6) is 2.63. The number of fused-ring (bicyclic) bond motifs is 5. The molecule has 2 aromatic heterocycles. The molecule has 5 nitrogen and oxygen atoms in total. The highest BCUT2D eigenvalue weighted by Gasteiger charge is 2.28. The van der Waals surface area contributed by atoms with Crippen LogP contribution in [0.1, 0.15) is 10.4 Å². The van der Waals surface area contributed by atoms with Crippen LogP contribution in [-0.2, 0) is 6.42 Å². The second kappa shape index (κ2) is 5.96. The first-order chi connectivity index (χ1) is 13.2. The summed E-state index contributed by atoms with van der Waals surface area (Å²) in [6.45, 7) is 0. The third-order valence-electron chi connectivity index (χ3n) is 4.91. The molecule has 2 N–H and O–H groups in total. The van der Waals surface area contributed by atoms with Gasteiger partial charge in [0.1, 0.15) is 10.6 Å². The van der Waals surface area contributed by atoms with Crippen molar-refractivity contribution in [1.29, 1.82) is 0 Å². The summed E-state index contributed by atoms with van der Waals surface area (Å²) in [6.07, 6.45) is 0.839. The van der Waals surface area contributed by atoms with Crippen LogP contribution in [0.3, 0.4) is 0 Å². The molecule has 0 bridgehead atoms. The molecular weight excluding hydrogens is 358 g/mol. The Kier molecular flexibility index (Phi) is 3.55. The first-order valence-electron chi connectivity index (χ1n) is 8.59. The lowest BCUT2D eigenvalue weighted by Gasteiger charge is -2.11. The largest absolute Gasteiger partial charge is 0.493 e. The highest BCUT2D eigenvalue weighted by atomic mass is 32.1. The topological polar surface area (TPSA) is 70.3 Å². The molecule has 0 amide bonds. The monoisotopic (exact) mass is 375 g/mol. The van der Waals surface area contributed by atoms with Gasteiger partial charge in [-0.15, -0.1) is 11.3 Å². The Bertz CT molecular complexity index is 1190. The summed E-state index contributed by atoms with van der Waals surface area (Å²) < 4.78 is 10.9. The number of thiophene rings is 1. The van der Waals surface area contributed by atoms with Gasteiger partial charge in [-0.3, -0.25) is 0 Å². The number of aromatic nitrogens is 2. The van der Waals surface area contributed by atoms with E-state index in [4.69, 9.17) is 20.2 Å². The van der Waals surface area contributed by atoms with Crippen molar-refractivity contribution < 1.29 is 9.47 Å². The molecule has 5 rings (SSSR count). The van der Waals surface area contributed by atoms with Gasteiger partial charge in [0.05, 0.1) is 19.6 Å². The summed E-state index contributed by atoms with van der Waals surface area (Å²) in [7, 11) is 3.30. The van der Waals surface area contributed by atoms with E-state index in [2.05, 4.69) is 4.98 Å². The van der Waals surface area contributed by atoms with Gasteiger partial charge in [0, 0.05) is 22.4 Å². The average molecular weight is 375 g/mol. The fourth-order valence-electron chi connectivity index (χ4n) is 3.67. The number of nitrogens with zero attached hydrogens (tertiary/aromatic N) is 2. The van der Waals surface area contributed by atoms with Crippen LogP contribution in [0.4, 0.5) is 5.82 Å². The Labute approximate surface area is 160 Å². The van der Waals surface area contributed by atoms with Gasteiger partial charge < -0.3 is 15.2 Å². The van der Waals surface area contributed by atoms with E-state index >= 15 is 0 Å². The van der Waals surface area contributed by atoms with Crippen molar-refractivity contribution in [3.63, 3.8) is 0 Å². The van der Waals surface area contributed by atoms with E-state index < -0.39 is 0 Å². The summed E-state index contributed by atoms with van der Waals surface area (Å²) in [5, 5.41) is 0.931. The zero-order valence-electron chi connectivity index (χ0n) is 14.9. The number of rotatable bonds is 3. The number of methoxy groups -OCH3 is 2. The lowest BCUT2D eigenvalue weighted by atomic mass is 10.0. The van der Waals surface area contributed by atoms with Gasteiger partial charge in [-0.1, -0.05) is 30.3 Å². The van der Waals surface area contributed by atoms with Crippen molar-refractivity contribution in [2.75, 3.05) is 20.0 Å². The zero-order valence-corrected chi connectivity index (χ0v) is 15.8. The van der Waals surface area contributed by atoms with Crippen LogP contribution in [0, 0.1) is 0 Å². The standard InChI is InChI=1S/C21H17N3O2S/c1-25-14-8-12-9-16-17(13(12)10-15(14)26-2)18-19(22)23-20(24-21(18)27-16)11-6-4-3-5-7-11/h3-8,10H,9H2,1-2H3,(H2,22,23,24). The predicted octanol–water partition coefficient (Wildman–Crippen LogP) is 4.53. The van der Waals surface area contributed by atoms with Crippen LogP contribution < -0.4 is 15.2 Å². The average Bonchev–Trinajstić information content (AvgIpc) is 3.22. The molecular formula is C21H17N3O2S. The van der Waals surface area contributed by atoms with Gasteiger partial charge >= 0.3 is 0 Å². The molecule has 134 valence electrons. The maximum atomic E-state index is 6.40. The molecule has 4 aromatic rings. The van der Waals surface area contributed by atoms with E-state index in [0.29, 0.717) is 17.4 Å². The Hall–Kier alpha value is -3.12. The molecule has 0 saturated heterocycles. The molecule has 1 aliphatic rings. The second-order valence-corrected chi connectivity index (χ2v) is 7.50. The Morgan fingerprint density at radius 2 is 1.74 bits per heavy atom. The van der Waals surface area contributed by atoms with E-state index in [1.54, 1.807) is 25.6 Å². The summed E-state index contributed by atoms with van der Waals surface area (Å²) >= 11 is 1.68. The van der Waals surface area contributed by atoms with Crippen molar-refractivity contribution in [1.82, 2.24) is 9.97 Å². The lowest BCUT2D eigenvalue weighted by molar-refractivity contribution is 0.355. The molecule has 0 spiro atoms. The van der Waals surface area contributed by atoms with Crippen LogP contribution in [0.5, 0.6) is 11.5 Å². The molecule has 27 heavy (non-hydrogen) atoms. The fraction of sp³-hybridized carbons (Fsp3) is 0.143. The molecule has 6 heteroatoms. The van der Waals surface area contributed by atoms with Gasteiger partial charge in [-0.05, 0) is 23.3 Å². The van der Waals surface area contributed by atoms with E-state index in [0.717, 1.165) is 39.1 Å². The van der Waals surface area contributed by atoms with Gasteiger partial charge in [-0.2, -0.15) is 0 Å². The fourth-order valence-corrected chi connectivity index (χ4v) is 4.89. The normalized spacial score (nSPS) is 12.1. The molecule has 0 unspecified atom stereocenters. The van der Waals surface area contributed by atoms with Crippen molar-refractivity contribution >= 4 is 27.4 Å². The number of benzene rings is 2. The van der Waals surface area contributed by atoms with Crippen molar-refractivity contribution in [3.8, 4) is 34.0 Å². The van der Waals surface area contributed by atoms with E-state index in [-0.39, 0.29) is 0 Å². The number of hydrogen-bond donors (Lipinski definition) is 1. The van der Waals surface area contributed by atoms with Crippen LogP contribution in [0.25, 0.3) is 32.7 Å². The van der Waals surface area contributed by atoms with Gasteiger partial charge in [0.25, 0.3) is 0 Å². The van der Waals surface area contributed by atoms with E-state index in [1.165, 1.54) is 10.4 Å². The third-order valence-corrected chi connectivity index (χ3v) is 6.00. The van der Waals surface area contributed by atoms with E-state index in [9.17, 15) is 0 Å². The highest BCUT2D eigenvalue weighted by Crippen LogP contribution is 2.50. The maximum absolute atomic E-state index is 6.40. The van der Waals surface area contributed by atoms with Gasteiger partial charge in [-0.25, -0.2) is 9.97 Å². The van der Waals surface area contributed by atoms with Crippen molar-refractivity contribution in [2.45, 2.75) is 6.42 Å². The quantitative estimate of drug-likeness (QED) is 0.502. The van der Waals surface area contributed by atoms with Gasteiger partial charge in [0.2, 0.25) is 0 Å². The maximum Gasteiger partial charge on any atom is 0.163 e. The molecule has 0 saturated carbocycles. The Morgan fingerprint density at radius 1 is 1.00 bits per heavy atom. The lowest BCUT2D eigenvalue weighted by Crippen LogP contribution is -1.97. The number of nitrogens with two attached hydrogens (primary N) is 1. The molecule has 2 aromatic carbocycles. The molecule has 0 fully saturated rings. The minimum atomic E-state index is 0.513. The molecule has 1 aliphatic carbocycles. The first kappa shape index (κ1) is 16.1. The van der Waals surface area contributed by atoms with Crippen LogP contribution in [0.15, 0.2) is 42.5 Å². The van der Waals surface area contributed by atoms with Crippen molar-refractivity contribution in [2.24, 2.45) is 0 Å². The van der Waals surface area contributed by atoms with E-state index in [1.807, 2.05) is 42.5 Å². The molecule has 2 heterocycles. The Morgan fingerprint density at radius 3 is 2.48 bits per heavy atom. The molecule has 0 radical (unpaired) electrons. The first-order valence-corrected chi connectivity index (χ1v) is 9.41. The Balaban J connectivity index is 1.73. The summed E-state index contributed by atoms with van der Waals surface area (Å²) in [4.78, 5) is 11.6. The number of nitrogen functional groups attached to an aromatic ring is 1. The highest BCUT2D eigenvalue weighted by molar-refractivity contribution is 7.19. The zero-order chi connectivity index (χ0) is 18.5. The predicted molar refractivity (Wildman–Crippen MR) is 109 cm³/mol. The minimum Gasteiger partial charge on any atom is -0.493 e. The number of anilines is 1.